The van der Waals surface area contributed by atoms with E-state index < -0.39 is 27.0 Å². The van der Waals surface area contributed by atoms with Crippen molar-refractivity contribution in [2.75, 3.05) is 20.3 Å². The molecule has 0 fully saturated rings. The summed E-state index contributed by atoms with van der Waals surface area (Å²) in [4.78, 5) is 29.8. The molecule has 0 atom stereocenters. The molecule has 1 amide bonds. The van der Waals surface area contributed by atoms with Crippen LogP contribution in [-0.2, 0) is 25.9 Å². The van der Waals surface area contributed by atoms with Gasteiger partial charge in [0.25, 0.3) is 5.91 Å². The molecule has 8 nitrogen and oxygen atoms in total. The number of esters is 1. The maximum atomic E-state index is 12.8. The number of rotatable bonds is 8. The van der Waals surface area contributed by atoms with Gasteiger partial charge in [-0.1, -0.05) is 11.3 Å². The first-order chi connectivity index (χ1) is 15.7. The molecule has 1 heterocycles. The molecular formula is C23H26N2O6S2. The second-order valence-corrected chi connectivity index (χ2v) is 11.0. The lowest BCUT2D eigenvalue weighted by atomic mass is 10.2. The first-order valence-corrected chi connectivity index (χ1v) is 12.8. The lowest BCUT2D eigenvalue weighted by Gasteiger charge is -2.07. The molecule has 1 aromatic heterocycles. The van der Waals surface area contributed by atoms with Crippen molar-refractivity contribution in [3.05, 3.63) is 58.4 Å². The number of fused-ring (bicyclic) bond motifs is 1. The predicted octanol–water partition coefficient (Wildman–Crippen LogP) is 3.45. The molecule has 0 aliphatic heterocycles. The van der Waals surface area contributed by atoms with Crippen molar-refractivity contribution in [3.8, 4) is 0 Å². The Balaban J connectivity index is 2.02. The largest absolute Gasteiger partial charge is 0.462 e. The summed E-state index contributed by atoms with van der Waals surface area (Å²) in [5.74, 6) is -0.908. The van der Waals surface area contributed by atoms with Crippen LogP contribution in [0.5, 0.6) is 0 Å². The van der Waals surface area contributed by atoms with Crippen LogP contribution < -0.4 is 4.80 Å². The molecule has 0 aliphatic rings. The molecule has 0 saturated carbocycles. The van der Waals surface area contributed by atoms with Crippen LogP contribution in [0.25, 0.3) is 10.2 Å². The van der Waals surface area contributed by atoms with Crippen LogP contribution in [0, 0.1) is 0 Å². The standard InChI is InChI=1S/C23H26N2O6S2/c1-5-31-22(27)17-8-11-19-20(14-17)32-23(25(19)12-13-30-4)24-21(26)16-6-9-18(10-7-16)33(28,29)15(2)3/h6-11,14-15H,5,12-13H2,1-4H3. The van der Waals surface area contributed by atoms with E-state index in [0.717, 1.165) is 10.2 Å². The van der Waals surface area contributed by atoms with Gasteiger partial charge in [0.05, 0.1) is 39.1 Å². The smallest absolute Gasteiger partial charge is 0.338 e. The Bertz CT molecular complexity index is 1340. The Morgan fingerprint density at radius 3 is 2.36 bits per heavy atom. The average Bonchev–Trinajstić information content (AvgIpc) is 3.13. The summed E-state index contributed by atoms with van der Waals surface area (Å²) >= 11 is 1.27. The zero-order valence-electron chi connectivity index (χ0n) is 18.9. The first-order valence-electron chi connectivity index (χ1n) is 10.4. The molecule has 0 radical (unpaired) electrons. The number of hydrogen-bond donors (Lipinski definition) is 0. The summed E-state index contributed by atoms with van der Waals surface area (Å²) in [5.41, 5.74) is 1.51. The van der Waals surface area contributed by atoms with E-state index in [0.29, 0.717) is 23.5 Å². The van der Waals surface area contributed by atoms with Crippen molar-refractivity contribution in [1.82, 2.24) is 4.57 Å². The highest BCUT2D eigenvalue weighted by atomic mass is 32.2. The fourth-order valence-corrected chi connectivity index (χ4v) is 5.26. The fraction of sp³-hybridized carbons (Fsp3) is 0.348. The number of benzene rings is 2. The molecule has 176 valence electrons. The van der Waals surface area contributed by atoms with Gasteiger partial charge in [0.2, 0.25) is 0 Å². The zero-order chi connectivity index (χ0) is 24.2. The molecule has 0 bridgehead atoms. The van der Waals surface area contributed by atoms with Crippen LogP contribution in [0.15, 0.2) is 52.4 Å². The van der Waals surface area contributed by atoms with Crippen LogP contribution in [-0.4, -0.2) is 50.4 Å². The molecule has 0 spiro atoms. The van der Waals surface area contributed by atoms with E-state index in [1.165, 1.54) is 35.6 Å². The summed E-state index contributed by atoms with van der Waals surface area (Å²) < 4.78 is 37.5. The quantitative estimate of drug-likeness (QED) is 0.448. The van der Waals surface area contributed by atoms with Crippen molar-refractivity contribution in [1.29, 1.82) is 0 Å². The van der Waals surface area contributed by atoms with E-state index in [1.807, 2.05) is 4.57 Å². The van der Waals surface area contributed by atoms with Gasteiger partial charge in [-0.15, -0.1) is 0 Å². The third kappa shape index (κ3) is 5.40. The number of amides is 1. The molecule has 0 N–H and O–H groups in total. The van der Waals surface area contributed by atoms with Gasteiger partial charge in [-0.2, -0.15) is 4.99 Å². The monoisotopic (exact) mass is 490 g/mol. The van der Waals surface area contributed by atoms with Crippen molar-refractivity contribution in [2.45, 2.75) is 37.5 Å². The van der Waals surface area contributed by atoms with Crippen LogP contribution in [0.4, 0.5) is 0 Å². The summed E-state index contributed by atoms with van der Waals surface area (Å²) in [5, 5.41) is -0.554. The van der Waals surface area contributed by atoms with Crippen LogP contribution in [0.2, 0.25) is 0 Å². The first kappa shape index (κ1) is 24.8. The second kappa shape index (κ2) is 10.4. The number of aromatic nitrogens is 1. The molecule has 0 aliphatic carbocycles. The Kier molecular flexibility index (Phi) is 7.83. The van der Waals surface area contributed by atoms with E-state index in [1.54, 1.807) is 46.1 Å². The number of carbonyl (C=O) groups excluding carboxylic acids is 2. The molecule has 3 aromatic rings. The van der Waals surface area contributed by atoms with Gasteiger partial charge in [-0.05, 0) is 63.2 Å². The average molecular weight is 491 g/mol. The zero-order valence-corrected chi connectivity index (χ0v) is 20.5. The van der Waals surface area contributed by atoms with Gasteiger partial charge in [0.1, 0.15) is 0 Å². The molecular weight excluding hydrogens is 464 g/mol. The summed E-state index contributed by atoms with van der Waals surface area (Å²) in [6.07, 6.45) is 0. The molecule has 33 heavy (non-hydrogen) atoms. The minimum atomic E-state index is -3.42. The van der Waals surface area contributed by atoms with Gasteiger partial charge in [-0.3, -0.25) is 4.79 Å². The number of ether oxygens (including phenoxy) is 2. The maximum absolute atomic E-state index is 12.8. The van der Waals surface area contributed by atoms with Gasteiger partial charge >= 0.3 is 5.97 Å². The number of carbonyl (C=O) groups is 2. The van der Waals surface area contributed by atoms with E-state index in [2.05, 4.69) is 4.99 Å². The summed E-state index contributed by atoms with van der Waals surface area (Å²) in [6.45, 7) is 6.12. The SMILES string of the molecule is CCOC(=O)c1ccc2c(c1)sc(=NC(=O)c1ccc(S(=O)(=O)C(C)C)cc1)n2CCOC. The molecule has 0 unspecified atom stereocenters. The molecule has 3 rings (SSSR count). The Hall–Kier alpha value is -2.82. The van der Waals surface area contributed by atoms with Crippen molar-refractivity contribution >= 4 is 43.3 Å². The number of methoxy groups -OCH3 is 1. The minimum absolute atomic E-state index is 0.164. The number of hydrogen-bond acceptors (Lipinski definition) is 7. The van der Waals surface area contributed by atoms with E-state index >= 15 is 0 Å². The topological polar surface area (TPSA) is 104 Å². The molecule has 2 aromatic carbocycles. The van der Waals surface area contributed by atoms with Crippen LogP contribution >= 0.6 is 11.3 Å². The summed E-state index contributed by atoms with van der Waals surface area (Å²) in [7, 11) is -1.84. The second-order valence-electron chi connectivity index (χ2n) is 7.47. The lowest BCUT2D eigenvalue weighted by molar-refractivity contribution is 0.0526. The predicted molar refractivity (Wildman–Crippen MR) is 126 cm³/mol. The van der Waals surface area contributed by atoms with Crippen molar-refractivity contribution in [2.24, 2.45) is 4.99 Å². The van der Waals surface area contributed by atoms with E-state index in [9.17, 15) is 18.0 Å². The van der Waals surface area contributed by atoms with E-state index in [4.69, 9.17) is 9.47 Å². The normalized spacial score (nSPS) is 12.5. The maximum Gasteiger partial charge on any atom is 0.338 e. The third-order valence-electron chi connectivity index (χ3n) is 4.96. The van der Waals surface area contributed by atoms with Gasteiger partial charge in [0.15, 0.2) is 14.6 Å². The Morgan fingerprint density at radius 1 is 1.09 bits per heavy atom. The van der Waals surface area contributed by atoms with Gasteiger partial charge in [0, 0.05) is 19.2 Å². The van der Waals surface area contributed by atoms with Crippen LogP contribution in [0.3, 0.4) is 0 Å². The highest BCUT2D eigenvalue weighted by Gasteiger charge is 2.19. The fourth-order valence-electron chi connectivity index (χ4n) is 3.11. The highest BCUT2D eigenvalue weighted by molar-refractivity contribution is 7.92. The lowest BCUT2D eigenvalue weighted by Crippen LogP contribution is -2.19. The minimum Gasteiger partial charge on any atom is -0.462 e. The number of thiazole rings is 1. The molecule has 10 heteroatoms. The highest BCUT2D eigenvalue weighted by Crippen LogP contribution is 2.21. The Labute approximate surface area is 196 Å². The van der Waals surface area contributed by atoms with Gasteiger partial charge < -0.3 is 14.0 Å². The van der Waals surface area contributed by atoms with Crippen molar-refractivity contribution in [3.63, 3.8) is 0 Å². The van der Waals surface area contributed by atoms with Gasteiger partial charge in [-0.25, -0.2) is 13.2 Å². The Morgan fingerprint density at radius 2 is 1.76 bits per heavy atom. The number of sulfone groups is 1. The third-order valence-corrected chi connectivity index (χ3v) is 8.17. The molecule has 0 saturated heterocycles. The van der Waals surface area contributed by atoms with Crippen molar-refractivity contribution < 1.29 is 27.5 Å². The summed E-state index contributed by atoms with van der Waals surface area (Å²) in [6, 6.07) is 11.0. The number of nitrogens with zero attached hydrogens (tertiary/aromatic N) is 2. The van der Waals surface area contributed by atoms with E-state index in [-0.39, 0.29) is 17.1 Å². The van der Waals surface area contributed by atoms with Crippen LogP contribution in [0.1, 0.15) is 41.5 Å².